The Hall–Kier alpha value is -1.51. The second-order valence-corrected chi connectivity index (χ2v) is 6.74. The third-order valence-corrected chi connectivity index (χ3v) is 5.71. The molecule has 110 valence electrons. The van der Waals surface area contributed by atoms with Crippen LogP contribution in [0.2, 0.25) is 0 Å². The molecule has 2 aliphatic heterocycles. The van der Waals surface area contributed by atoms with Crippen molar-refractivity contribution in [3.8, 4) is 0 Å². The highest BCUT2D eigenvalue weighted by molar-refractivity contribution is 8.01. The van der Waals surface area contributed by atoms with Gasteiger partial charge in [0.15, 0.2) is 6.10 Å². The van der Waals surface area contributed by atoms with Crippen LogP contribution in [0, 0.1) is 0 Å². The second-order valence-electron chi connectivity index (χ2n) is 4.58. The van der Waals surface area contributed by atoms with Crippen molar-refractivity contribution in [1.29, 1.82) is 0 Å². The first kappa shape index (κ1) is 14.4. The average molecular weight is 324 g/mol. The van der Waals surface area contributed by atoms with Crippen LogP contribution in [0.25, 0.3) is 0 Å². The van der Waals surface area contributed by atoms with Crippen LogP contribution < -0.4 is 0 Å². The van der Waals surface area contributed by atoms with E-state index >= 15 is 0 Å². The normalized spacial score (nSPS) is 24.6. The second kappa shape index (κ2) is 5.70. The third kappa shape index (κ3) is 2.54. The summed E-state index contributed by atoms with van der Waals surface area (Å²) in [5.41, 5.74) is 0.724. The molecule has 0 aromatic carbocycles. The molecule has 0 spiro atoms. The zero-order chi connectivity index (χ0) is 15.0. The van der Waals surface area contributed by atoms with E-state index < -0.39 is 23.4 Å². The summed E-state index contributed by atoms with van der Waals surface area (Å²) >= 11 is 2.90. The first-order valence-electron chi connectivity index (χ1n) is 6.20. The van der Waals surface area contributed by atoms with Gasteiger partial charge in [-0.1, -0.05) is 0 Å². The lowest BCUT2D eigenvalue weighted by Gasteiger charge is -2.47. The number of carbonyl (C=O) groups excluding carboxylic acids is 1. The molecule has 1 saturated heterocycles. The molecule has 6 nitrogen and oxygen atoms in total. The van der Waals surface area contributed by atoms with Crippen molar-refractivity contribution in [2.75, 3.05) is 11.5 Å². The Morgan fingerprint density at radius 1 is 1.48 bits per heavy atom. The summed E-state index contributed by atoms with van der Waals surface area (Å²) in [4.78, 5) is 29.3. The van der Waals surface area contributed by atoms with Gasteiger partial charge in [0.1, 0.15) is 11.1 Å². The largest absolute Gasteiger partial charge is 0.477 e. The van der Waals surface area contributed by atoms with E-state index in [1.807, 2.05) is 12.1 Å². The lowest BCUT2D eigenvalue weighted by Crippen LogP contribution is -2.64. The van der Waals surface area contributed by atoms with Crippen LogP contribution in [0.1, 0.15) is 0 Å². The van der Waals surface area contributed by atoms with Gasteiger partial charge >= 0.3 is 5.97 Å². The molecule has 2 atom stereocenters. The summed E-state index contributed by atoms with van der Waals surface area (Å²) in [5.74, 6) is -0.655. The summed E-state index contributed by atoms with van der Waals surface area (Å²) in [5, 5.41) is 18.5. The van der Waals surface area contributed by atoms with E-state index in [4.69, 9.17) is 0 Å². The number of aliphatic hydroxyl groups is 1. The van der Waals surface area contributed by atoms with Crippen molar-refractivity contribution in [3.63, 3.8) is 0 Å². The van der Waals surface area contributed by atoms with Crippen molar-refractivity contribution in [2.45, 2.75) is 16.4 Å². The summed E-state index contributed by atoms with van der Waals surface area (Å²) in [6.45, 7) is 0. The zero-order valence-electron chi connectivity index (χ0n) is 10.8. The fourth-order valence-electron chi connectivity index (χ4n) is 2.25. The van der Waals surface area contributed by atoms with E-state index in [1.165, 1.54) is 28.4 Å². The van der Waals surface area contributed by atoms with Gasteiger partial charge in [0.25, 0.3) is 5.91 Å². The maximum atomic E-state index is 11.7. The van der Waals surface area contributed by atoms with E-state index in [-0.39, 0.29) is 5.70 Å². The summed E-state index contributed by atoms with van der Waals surface area (Å²) in [7, 11) is 0. The number of rotatable bonds is 4. The first-order chi connectivity index (χ1) is 10.1. The van der Waals surface area contributed by atoms with Crippen LogP contribution in [-0.2, 0) is 9.59 Å². The van der Waals surface area contributed by atoms with Crippen LogP contribution >= 0.6 is 23.5 Å². The topological polar surface area (TPSA) is 90.7 Å². The van der Waals surface area contributed by atoms with Crippen LogP contribution in [-0.4, -0.2) is 55.0 Å². The Morgan fingerprint density at radius 3 is 2.86 bits per heavy atom. The molecular formula is C13H12N2O4S2. The molecule has 1 aromatic rings. The standard InChI is InChI=1S/C13H12N2O4S2/c16-10-11(17)15-9(13(18)19)7(6-21-12(10)15)5-20-8-1-3-14-4-2-8/h1-4,10,12,16H,5-6H2,(H,18,19)/t10-,12-/m1/s1. The number of thioether (sulfide) groups is 2. The molecule has 0 radical (unpaired) electrons. The van der Waals surface area contributed by atoms with Gasteiger partial charge in [0, 0.05) is 28.8 Å². The van der Waals surface area contributed by atoms with E-state index in [0.29, 0.717) is 17.1 Å². The molecule has 3 heterocycles. The third-order valence-electron chi connectivity index (χ3n) is 3.28. The molecule has 0 aliphatic carbocycles. The van der Waals surface area contributed by atoms with E-state index in [0.717, 1.165) is 4.90 Å². The predicted molar refractivity (Wildman–Crippen MR) is 78.7 cm³/mol. The maximum absolute atomic E-state index is 11.7. The minimum Gasteiger partial charge on any atom is -0.477 e. The molecule has 8 heteroatoms. The van der Waals surface area contributed by atoms with Gasteiger partial charge in [0.2, 0.25) is 0 Å². The highest BCUT2D eigenvalue weighted by atomic mass is 32.2. The molecule has 0 bridgehead atoms. The number of carboxylic acids is 1. The van der Waals surface area contributed by atoms with Gasteiger partial charge in [-0.15, -0.1) is 23.5 Å². The fraction of sp³-hybridized carbons (Fsp3) is 0.308. The van der Waals surface area contributed by atoms with Gasteiger partial charge in [-0.3, -0.25) is 14.7 Å². The number of aromatic nitrogens is 1. The molecule has 0 saturated carbocycles. The quantitative estimate of drug-likeness (QED) is 0.625. The SMILES string of the molecule is O=C(O)C1=C(CSc2ccncc2)CS[C@@H]2[C@H](O)C(=O)N12. The molecule has 21 heavy (non-hydrogen) atoms. The molecular weight excluding hydrogens is 312 g/mol. The van der Waals surface area contributed by atoms with Crippen molar-refractivity contribution < 1.29 is 19.8 Å². The van der Waals surface area contributed by atoms with Crippen molar-refractivity contribution >= 4 is 35.4 Å². The number of amides is 1. The van der Waals surface area contributed by atoms with Crippen molar-refractivity contribution in [3.05, 3.63) is 35.8 Å². The Balaban J connectivity index is 1.81. The minimum atomic E-state index is -1.12. The lowest BCUT2D eigenvalue weighted by atomic mass is 10.1. The van der Waals surface area contributed by atoms with Crippen molar-refractivity contribution in [1.82, 2.24) is 9.88 Å². The van der Waals surface area contributed by atoms with Gasteiger partial charge < -0.3 is 10.2 Å². The molecule has 0 unspecified atom stereocenters. The summed E-state index contributed by atoms with van der Waals surface area (Å²) < 4.78 is 0. The number of fused-ring (bicyclic) bond motifs is 1. The van der Waals surface area contributed by atoms with Crippen LogP contribution in [0.5, 0.6) is 0 Å². The lowest BCUT2D eigenvalue weighted by molar-refractivity contribution is -0.159. The molecule has 3 rings (SSSR count). The number of pyridine rings is 1. The smallest absolute Gasteiger partial charge is 0.352 e. The Kier molecular flexibility index (Phi) is 3.92. The Labute approximate surface area is 129 Å². The average Bonchev–Trinajstić information content (AvgIpc) is 2.52. The first-order valence-corrected chi connectivity index (χ1v) is 8.24. The van der Waals surface area contributed by atoms with Crippen LogP contribution in [0.3, 0.4) is 0 Å². The molecule has 1 amide bonds. The van der Waals surface area contributed by atoms with Gasteiger partial charge in [-0.25, -0.2) is 4.79 Å². The number of hydrogen-bond donors (Lipinski definition) is 2. The van der Waals surface area contributed by atoms with Gasteiger partial charge in [0.05, 0.1) is 0 Å². The van der Waals surface area contributed by atoms with Crippen LogP contribution in [0.4, 0.5) is 0 Å². The number of β-lactam (4-membered cyclic amide) rings is 1. The van der Waals surface area contributed by atoms with Crippen molar-refractivity contribution in [2.24, 2.45) is 0 Å². The van der Waals surface area contributed by atoms with Gasteiger partial charge in [-0.2, -0.15) is 0 Å². The number of aliphatic hydroxyl groups excluding tert-OH is 1. The van der Waals surface area contributed by atoms with Crippen LogP contribution in [0.15, 0.2) is 40.7 Å². The highest BCUT2D eigenvalue weighted by Crippen LogP contribution is 2.41. The van der Waals surface area contributed by atoms with Gasteiger partial charge in [-0.05, 0) is 17.7 Å². The Bertz CT molecular complexity index is 620. The molecule has 2 aliphatic rings. The van der Waals surface area contributed by atoms with E-state index in [2.05, 4.69) is 4.98 Å². The fourth-order valence-corrected chi connectivity index (χ4v) is 4.54. The number of hydrogen-bond acceptors (Lipinski definition) is 6. The summed E-state index contributed by atoms with van der Waals surface area (Å²) in [6, 6.07) is 3.70. The minimum absolute atomic E-state index is 0.0237. The Morgan fingerprint density at radius 2 is 2.19 bits per heavy atom. The molecule has 2 N–H and O–H groups in total. The van der Waals surface area contributed by atoms with E-state index in [1.54, 1.807) is 12.4 Å². The highest BCUT2D eigenvalue weighted by Gasteiger charge is 2.52. The number of nitrogens with zero attached hydrogens (tertiary/aromatic N) is 2. The monoisotopic (exact) mass is 324 g/mol. The zero-order valence-corrected chi connectivity index (χ0v) is 12.4. The molecule has 1 fully saturated rings. The number of carbonyl (C=O) groups is 2. The molecule has 1 aromatic heterocycles. The number of aliphatic carboxylic acids is 1. The number of carboxylic acid groups (broad SMARTS) is 1. The summed E-state index contributed by atoms with van der Waals surface area (Å²) in [6.07, 6.45) is 2.27. The predicted octanol–water partition coefficient (Wildman–Crippen LogP) is 0.788. The maximum Gasteiger partial charge on any atom is 0.352 e. The van der Waals surface area contributed by atoms with E-state index in [9.17, 15) is 19.8 Å².